The van der Waals surface area contributed by atoms with Crippen LogP contribution in [-0.4, -0.2) is 18.0 Å². The largest absolute Gasteiger partial charge is 0.479 e. The number of urea groups is 1. The standard InChI is InChI=1S/C18H16ClN3O3/c1-12(25-16-8-7-14(10-20)9-15(16)19)17(23)22-18(24)21-11-13-5-3-2-4-6-13/h2-9,12H,11H2,1H3,(H2,21,22,23,24)/t12-/m0/s1. The van der Waals surface area contributed by atoms with Crippen LogP contribution in [0.3, 0.4) is 0 Å². The highest BCUT2D eigenvalue weighted by molar-refractivity contribution is 6.32. The predicted octanol–water partition coefficient (Wildman–Crippen LogP) is 3.00. The van der Waals surface area contributed by atoms with Gasteiger partial charge >= 0.3 is 6.03 Å². The highest BCUT2D eigenvalue weighted by Crippen LogP contribution is 2.26. The predicted molar refractivity (Wildman–Crippen MR) is 93.1 cm³/mol. The summed E-state index contributed by atoms with van der Waals surface area (Å²) in [5.74, 6) is -0.348. The van der Waals surface area contributed by atoms with E-state index >= 15 is 0 Å². The van der Waals surface area contributed by atoms with Gasteiger partial charge in [0.15, 0.2) is 6.10 Å². The molecule has 0 bridgehead atoms. The van der Waals surface area contributed by atoms with Gasteiger partial charge in [-0.3, -0.25) is 10.1 Å². The number of nitriles is 1. The van der Waals surface area contributed by atoms with Crippen molar-refractivity contribution in [3.8, 4) is 11.8 Å². The number of amides is 3. The molecule has 2 rings (SSSR count). The first-order valence-electron chi connectivity index (χ1n) is 7.48. The third-order valence-corrected chi connectivity index (χ3v) is 3.56. The van der Waals surface area contributed by atoms with Gasteiger partial charge in [-0.2, -0.15) is 5.26 Å². The van der Waals surface area contributed by atoms with Crippen LogP contribution >= 0.6 is 11.6 Å². The van der Waals surface area contributed by atoms with Crippen LogP contribution in [0.1, 0.15) is 18.1 Å². The van der Waals surface area contributed by atoms with E-state index in [9.17, 15) is 9.59 Å². The van der Waals surface area contributed by atoms with Gasteiger partial charge < -0.3 is 10.1 Å². The number of halogens is 1. The van der Waals surface area contributed by atoms with Crippen LogP contribution in [0.4, 0.5) is 4.79 Å². The molecule has 1 atom stereocenters. The minimum absolute atomic E-state index is 0.215. The van der Waals surface area contributed by atoms with Crippen LogP contribution in [-0.2, 0) is 11.3 Å². The van der Waals surface area contributed by atoms with E-state index in [1.165, 1.54) is 25.1 Å². The van der Waals surface area contributed by atoms with Crippen molar-refractivity contribution in [3.63, 3.8) is 0 Å². The van der Waals surface area contributed by atoms with Crippen molar-refractivity contribution in [1.29, 1.82) is 5.26 Å². The number of ether oxygens (including phenoxy) is 1. The zero-order valence-corrected chi connectivity index (χ0v) is 14.2. The second-order valence-electron chi connectivity index (χ2n) is 5.17. The number of hydrogen-bond acceptors (Lipinski definition) is 4. The number of nitrogens with zero attached hydrogens (tertiary/aromatic N) is 1. The van der Waals surface area contributed by atoms with Gasteiger partial charge in [0.25, 0.3) is 5.91 Å². The summed E-state index contributed by atoms with van der Waals surface area (Å²) in [6.45, 7) is 1.80. The molecule has 25 heavy (non-hydrogen) atoms. The minimum Gasteiger partial charge on any atom is -0.479 e. The number of carbonyl (C=O) groups excluding carboxylic acids is 2. The lowest BCUT2D eigenvalue weighted by Crippen LogP contribution is -2.44. The van der Waals surface area contributed by atoms with Crippen molar-refractivity contribution in [2.24, 2.45) is 0 Å². The van der Waals surface area contributed by atoms with Gasteiger partial charge in [0, 0.05) is 6.54 Å². The topological polar surface area (TPSA) is 91.2 Å². The minimum atomic E-state index is -0.937. The molecular formula is C18H16ClN3O3. The maximum Gasteiger partial charge on any atom is 0.321 e. The van der Waals surface area contributed by atoms with Gasteiger partial charge in [-0.25, -0.2) is 4.79 Å². The Kier molecular flexibility index (Phi) is 6.38. The Balaban J connectivity index is 1.85. The second-order valence-corrected chi connectivity index (χ2v) is 5.58. The molecule has 2 aromatic carbocycles. The van der Waals surface area contributed by atoms with E-state index in [2.05, 4.69) is 10.6 Å². The SMILES string of the molecule is C[C@H](Oc1ccc(C#N)cc1Cl)C(=O)NC(=O)NCc1ccccc1. The van der Waals surface area contributed by atoms with Crippen molar-refractivity contribution in [1.82, 2.24) is 10.6 Å². The molecule has 0 fully saturated rings. The first-order valence-corrected chi connectivity index (χ1v) is 7.86. The van der Waals surface area contributed by atoms with Crippen LogP contribution in [0.5, 0.6) is 5.75 Å². The summed E-state index contributed by atoms with van der Waals surface area (Å²) in [6.07, 6.45) is -0.937. The van der Waals surface area contributed by atoms with E-state index in [-0.39, 0.29) is 10.8 Å². The lowest BCUT2D eigenvalue weighted by atomic mass is 10.2. The molecule has 2 aromatic rings. The number of benzene rings is 2. The highest BCUT2D eigenvalue weighted by atomic mass is 35.5. The summed E-state index contributed by atoms with van der Waals surface area (Å²) in [7, 11) is 0. The molecule has 2 N–H and O–H groups in total. The zero-order valence-electron chi connectivity index (χ0n) is 13.5. The molecule has 0 aliphatic carbocycles. The molecule has 6 nitrogen and oxygen atoms in total. The van der Waals surface area contributed by atoms with Crippen molar-refractivity contribution in [2.75, 3.05) is 0 Å². The Morgan fingerprint density at radius 1 is 1.24 bits per heavy atom. The van der Waals surface area contributed by atoms with Crippen LogP contribution in [0.2, 0.25) is 5.02 Å². The van der Waals surface area contributed by atoms with Crippen LogP contribution in [0.25, 0.3) is 0 Å². The maximum absolute atomic E-state index is 12.0. The van der Waals surface area contributed by atoms with E-state index in [1.807, 2.05) is 36.4 Å². The zero-order chi connectivity index (χ0) is 18.2. The summed E-state index contributed by atoms with van der Waals surface area (Å²) < 4.78 is 5.44. The second kappa shape index (κ2) is 8.71. The van der Waals surface area contributed by atoms with Crippen molar-refractivity contribution >= 4 is 23.5 Å². The molecule has 0 aliphatic heterocycles. The summed E-state index contributed by atoms with van der Waals surface area (Å²) in [5, 5.41) is 13.8. The first-order chi connectivity index (χ1) is 12.0. The first kappa shape index (κ1) is 18.3. The summed E-state index contributed by atoms with van der Waals surface area (Å²) in [5.41, 5.74) is 1.30. The Bertz CT molecular complexity index is 803. The van der Waals surface area contributed by atoms with E-state index in [4.69, 9.17) is 21.6 Å². The molecule has 0 aromatic heterocycles. The molecule has 128 valence electrons. The fourth-order valence-electron chi connectivity index (χ4n) is 1.95. The Morgan fingerprint density at radius 2 is 1.96 bits per heavy atom. The molecule has 3 amide bonds. The van der Waals surface area contributed by atoms with Gasteiger partial charge in [0.05, 0.1) is 16.7 Å². The number of nitrogens with one attached hydrogen (secondary N) is 2. The van der Waals surface area contributed by atoms with E-state index in [1.54, 1.807) is 0 Å². The van der Waals surface area contributed by atoms with Crippen LogP contribution in [0, 0.1) is 11.3 Å². The van der Waals surface area contributed by atoms with E-state index in [0.29, 0.717) is 12.1 Å². The molecule has 7 heteroatoms. The van der Waals surface area contributed by atoms with Crippen LogP contribution in [0.15, 0.2) is 48.5 Å². The summed E-state index contributed by atoms with van der Waals surface area (Å²) >= 11 is 5.99. The molecule has 0 spiro atoms. The van der Waals surface area contributed by atoms with Crippen molar-refractivity contribution in [2.45, 2.75) is 19.6 Å². The van der Waals surface area contributed by atoms with Crippen molar-refractivity contribution in [3.05, 3.63) is 64.7 Å². The van der Waals surface area contributed by atoms with Gasteiger partial charge in [0.1, 0.15) is 5.75 Å². The molecule has 0 radical (unpaired) electrons. The van der Waals surface area contributed by atoms with Gasteiger partial charge in [-0.05, 0) is 30.7 Å². The summed E-state index contributed by atoms with van der Waals surface area (Å²) in [4.78, 5) is 23.8. The van der Waals surface area contributed by atoms with E-state index < -0.39 is 18.0 Å². The van der Waals surface area contributed by atoms with Gasteiger partial charge in [0.2, 0.25) is 0 Å². The Labute approximate surface area is 150 Å². The number of rotatable bonds is 5. The summed E-state index contributed by atoms with van der Waals surface area (Å²) in [6, 6.07) is 15.1. The van der Waals surface area contributed by atoms with Crippen LogP contribution < -0.4 is 15.4 Å². The average Bonchev–Trinajstić information content (AvgIpc) is 2.62. The molecule has 0 saturated carbocycles. The Hall–Kier alpha value is -3.04. The lowest BCUT2D eigenvalue weighted by Gasteiger charge is -2.15. The molecule has 0 saturated heterocycles. The Morgan fingerprint density at radius 3 is 2.60 bits per heavy atom. The molecule has 0 aliphatic rings. The maximum atomic E-state index is 12.0. The quantitative estimate of drug-likeness (QED) is 0.860. The highest BCUT2D eigenvalue weighted by Gasteiger charge is 2.18. The number of imide groups is 1. The third kappa shape index (κ3) is 5.52. The average molecular weight is 358 g/mol. The van der Waals surface area contributed by atoms with Crippen molar-refractivity contribution < 1.29 is 14.3 Å². The third-order valence-electron chi connectivity index (χ3n) is 3.27. The smallest absolute Gasteiger partial charge is 0.321 e. The normalized spacial score (nSPS) is 11.1. The molecule has 0 unspecified atom stereocenters. The van der Waals surface area contributed by atoms with Gasteiger partial charge in [-0.15, -0.1) is 0 Å². The monoisotopic (exact) mass is 357 g/mol. The van der Waals surface area contributed by atoms with E-state index in [0.717, 1.165) is 5.56 Å². The molecule has 0 heterocycles. The van der Waals surface area contributed by atoms with Gasteiger partial charge in [-0.1, -0.05) is 41.9 Å². The number of hydrogen-bond donors (Lipinski definition) is 2. The fourth-order valence-corrected chi connectivity index (χ4v) is 2.17. The fraction of sp³-hybridized carbons (Fsp3) is 0.167. The lowest BCUT2D eigenvalue weighted by molar-refractivity contribution is -0.126. The molecular weight excluding hydrogens is 342 g/mol. The number of carbonyl (C=O) groups is 2.